The van der Waals surface area contributed by atoms with Crippen LogP contribution in [0.25, 0.3) is 11.3 Å². The van der Waals surface area contributed by atoms with Crippen LogP contribution in [0.3, 0.4) is 0 Å². The van der Waals surface area contributed by atoms with Gasteiger partial charge < -0.3 is 14.2 Å². The number of anilines is 2. The van der Waals surface area contributed by atoms with Gasteiger partial charge in [0.2, 0.25) is 11.9 Å². The van der Waals surface area contributed by atoms with Gasteiger partial charge in [0.15, 0.2) is 0 Å². The number of methoxy groups -OCH3 is 1. The van der Waals surface area contributed by atoms with Crippen LogP contribution < -0.4 is 15.0 Å². The Labute approximate surface area is 169 Å². The second kappa shape index (κ2) is 8.30. The van der Waals surface area contributed by atoms with Crippen molar-refractivity contribution in [3.05, 3.63) is 49.1 Å². The van der Waals surface area contributed by atoms with Crippen molar-refractivity contribution in [2.75, 3.05) is 30.4 Å². The van der Waals surface area contributed by atoms with E-state index >= 15 is 0 Å². The fourth-order valence-corrected chi connectivity index (χ4v) is 3.61. The molecule has 8 nitrogen and oxygen atoms in total. The summed E-state index contributed by atoms with van der Waals surface area (Å²) >= 11 is 0. The number of piperidine rings is 1. The van der Waals surface area contributed by atoms with E-state index in [0.29, 0.717) is 5.95 Å². The Morgan fingerprint density at radius 2 is 1.90 bits per heavy atom. The van der Waals surface area contributed by atoms with Crippen LogP contribution in [0, 0.1) is 5.92 Å². The predicted octanol–water partition coefficient (Wildman–Crippen LogP) is 2.74. The molecular weight excluding hydrogens is 368 g/mol. The number of benzene rings is 1. The number of hydrogen-bond donors (Lipinski definition) is 1. The first kappa shape index (κ1) is 18.9. The maximum atomic E-state index is 12.8. The molecule has 0 saturated carbocycles. The van der Waals surface area contributed by atoms with E-state index in [1.165, 1.54) is 0 Å². The second-order valence-corrected chi connectivity index (χ2v) is 7.07. The van der Waals surface area contributed by atoms with E-state index in [2.05, 4.69) is 25.2 Å². The lowest BCUT2D eigenvalue weighted by Gasteiger charge is -2.31. The maximum absolute atomic E-state index is 12.8. The van der Waals surface area contributed by atoms with Crippen molar-refractivity contribution in [1.29, 1.82) is 0 Å². The zero-order chi connectivity index (χ0) is 20.2. The third-order valence-corrected chi connectivity index (χ3v) is 5.37. The molecule has 150 valence electrons. The molecule has 1 N–H and O–H groups in total. The van der Waals surface area contributed by atoms with Crippen LogP contribution in [-0.2, 0) is 11.8 Å². The summed E-state index contributed by atoms with van der Waals surface area (Å²) in [7, 11) is 3.55. The van der Waals surface area contributed by atoms with Gasteiger partial charge in [0.25, 0.3) is 0 Å². The van der Waals surface area contributed by atoms with Gasteiger partial charge in [-0.1, -0.05) is 0 Å². The van der Waals surface area contributed by atoms with E-state index in [9.17, 15) is 4.79 Å². The number of nitrogens with zero attached hydrogens (tertiary/aromatic N) is 5. The molecule has 1 amide bonds. The number of carbonyl (C=O) groups is 1. The first-order valence-corrected chi connectivity index (χ1v) is 9.63. The average molecular weight is 392 g/mol. The molecule has 0 aliphatic carbocycles. The van der Waals surface area contributed by atoms with Crippen molar-refractivity contribution in [1.82, 2.24) is 19.5 Å². The van der Waals surface area contributed by atoms with Crippen LogP contribution in [0.5, 0.6) is 5.75 Å². The van der Waals surface area contributed by atoms with Crippen molar-refractivity contribution in [2.45, 2.75) is 12.8 Å². The Morgan fingerprint density at radius 1 is 1.14 bits per heavy atom. The molecule has 4 rings (SSSR count). The fraction of sp³-hybridized carbons (Fsp3) is 0.333. The second-order valence-electron chi connectivity index (χ2n) is 7.07. The van der Waals surface area contributed by atoms with Crippen molar-refractivity contribution >= 4 is 17.7 Å². The highest BCUT2D eigenvalue weighted by atomic mass is 16.5. The summed E-state index contributed by atoms with van der Waals surface area (Å²) in [5, 5.41) is 2.99. The quantitative estimate of drug-likeness (QED) is 0.719. The van der Waals surface area contributed by atoms with Crippen LogP contribution in [-0.4, -0.2) is 45.6 Å². The molecule has 0 radical (unpaired) electrons. The number of rotatable bonds is 5. The summed E-state index contributed by atoms with van der Waals surface area (Å²) in [5.74, 6) is 2.25. The number of carbonyl (C=O) groups excluding carboxylic acids is 1. The molecule has 2 aromatic heterocycles. The Balaban J connectivity index is 1.38. The predicted molar refractivity (Wildman–Crippen MR) is 111 cm³/mol. The summed E-state index contributed by atoms with van der Waals surface area (Å²) in [4.78, 5) is 27.6. The summed E-state index contributed by atoms with van der Waals surface area (Å²) in [6.07, 6.45) is 6.63. The van der Waals surface area contributed by atoms with Crippen molar-refractivity contribution in [3.8, 4) is 17.0 Å². The van der Waals surface area contributed by atoms with Gasteiger partial charge in [0.05, 0.1) is 19.0 Å². The van der Waals surface area contributed by atoms with Crippen LogP contribution in [0.15, 0.2) is 49.1 Å². The average Bonchev–Trinajstić information content (AvgIpc) is 3.14. The third-order valence-electron chi connectivity index (χ3n) is 5.37. The van der Waals surface area contributed by atoms with E-state index in [-0.39, 0.29) is 11.8 Å². The molecule has 1 fully saturated rings. The summed E-state index contributed by atoms with van der Waals surface area (Å²) in [6, 6.07) is 9.67. The zero-order valence-corrected chi connectivity index (χ0v) is 16.6. The Bertz CT molecular complexity index is 963. The molecule has 0 spiro atoms. The minimum atomic E-state index is -0.0331. The standard InChI is InChI=1S/C21H24N6O2/c1-26-18(15-3-5-17(29-2)6-4-15)13-23-21(26)25-20(28)16-8-11-27(12-9-16)19-7-10-22-14-24-19/h3-7,10,13-14,16H,8-9,11-12H2,1-2H3,(H,23,25,28). The van der Waals surface area contributed by atoms with Gasteiger partial charge in [-0.2, -0.15) is 0 Å². The molecule has 0 bridgehead atoms. The van der Waals surface area contributed by atoms with Gasteiger partial charge in [-0.15, -0.1) is 0 Å². The highest BCUT2D eigenvalue weighted by molar-refractivity contribution is 5.91. The summed E-state index contributed by atoms with van der Waals surface area (Å²) < 4.78 is 7.10. The van der Waals surface area contributed by atoms with E-state index in [0.717, 1.165) is 48.8 Å². The minimum absolute atomic E-state index is 0.0160. The molecule has 0 atom stereocenters. The maximum Gasteiger partial charge on any atom is 0.229 e. The van der Waals surface area contributed by atoms with Crippen LogP contribution in [0.1, 0.15) is 12.8 Å². The highest BCUT2D eigenvalue weighted by Gasteiger charge is 2.26. The molecule has 1 aliphatic rings. The third kappa shape index (κ3) is 4.06. The Kier molecular flexibility index (Phi) is 5.41. The van der Waals surface area contributed by atoms with Crippen molar-refractivity contribution in [2.24, 2.45) is 13.0 Å². The monoisotopic (exact) mass is 392 g/mol. The topological polar surface area (TPSA) is 85.2 Å². The first-order chi connectivity index (χ1) is 14.2. The van der Waals surface area contributed by atoms with Crippen molar-refractivity contribution < 1.29 is 9.53 Å². The van der Waals surface area contributed by atoms with E-state index in [1.807, 2.05) is 41.9 Å². The number of hydrogen-bond acceptors (Lipinski definition) is 6. The lowest BCUT2D eigenvalue weighted by atomic mass is 9.96. The molecule has 8 heteroatoms. The van der Waals surface area contributed by atoms with Crippen LogP contribution >= 0.6 is 0 Å². The fourth-order valence-electron chi connectivity index (χ4n) is 3.61. The van der Waals surface area contributed by atoms with E-state index < -0.39 is 0 Å². The van der Waals surface area contributed by atoms with Gasteiger partial charge in [-0.05, 0) is 43.2 Å². The largest absolute Gasteiger partial charge is 0.497 e. The van der Waals surface area contributed by atoms with Gasteiger partial charge >= 0.3 is 0 Å². The lowest BCUT2D eigenvalue weighted by Crippen LogP contribution is -2.38. The number of imidazole rings is 1. The number of ether oxygens (including phenoxy) is 1. The van der Waals surface area contributed by atoms with Crippen molar-refractivity contribution in [3.63, 3.8) is 0 Å². The molecule has 1 aliphatic heterocycles. The molecule has 1 saturated heterocycles. The van der Waals surface area contributed by atoms with Crippen LogP contribution in [0.4, 0.5) is 11.8 Å². The van der Waals surface area contributed by atoms with E-state index in [4.69, 9.17) is 4.74 Å². The summed E-state index contributed by atoms with van der Waals surface area (Å²) in [6.45, 7) is 1.60. The normalized spacial score (nSPS) is 14.6. The van der Waals surface area contributed by atoms with Gasteiger partial charge in [-0.3, -0.25) is 10.1 Å². The van der Waals surface area contributed by atoms with Gasteiger partial charge in [0, 0.05) is 37.8 Å². The molecule has 3 aromatic rings. The zero-order valence-electron chi connectivity index (χ0n) is 16.6. The van der Waals surface area contributed by atoms with E-state index in [1.54, 1.807) is 25.8 Å². The molecule has 1 aromatic carbocycles. The van der Waals surface area contributed by atoms with Gasteiger partial charge in [0.1, 0.15) is 17.9 Å². The SMILES string of the molecule is COc1ccc(-c2cnc(NC(=O)C3CCN(c4ccncn4)CC3)n2C)cc1. The van der Waals surface area contributed by atoms with Gasteiger partial charge in [-0.25, -0.2) is 15.0 Å². The number of aromatic nitrogens is 4. The molecular formula is C21H24N6O2. The summed E-state index contributed by atoms with van der Waals surface area (Å²) in [5.41, 5.74) is 1.95. The number of amides is 1. The minimum Gasteiger partial charge on any atom is -0.497 e. The Hall–Kier alpha value is -3.42. The molecule has 3 heterocycles. The molecule has 0 unspecified atom stereocenters. The smallest absolute Gasteiger partial charge is 0.229 e. The Morgan fingerprint density at radius 3 is 2.55 bits per heavy atom. The first-order valence-electron chi connectivity index (χ1n) is 9.63. The van der Waals surface area contributed by atoms with Crippen LogP contribution in [0.2, 0.25) is 0 Å². The lowest BCUT2D eigenvalue weighted by molar-refractivity contribution is -0.120. The number of nitrogens with one attached hydrogen (secondary N) is 1. The highest BCUT2D eigenvalue weighted by Crippen LogP contribution is 2.26. The molecule has 29 heavy (non-hydrogen) atoms.